The minimum absolute atomic E-state index is 0.0429. The molecule has 0 aliphatic rings. The van der Waals surface area contributed by atoms with E-state index in [0.29, 0.717) is 12.0 Å². The van der Waals surface area contributed by atoms with Crippen LogP contribution in [0.3, 0.4) is 0 Å². The van der Waals surface area contributed by atoms with Gasteiger partial charge >= 0.3 is 5.97 Å². The molecule has 0 aromatic heterocycles. The van der Waals surface area contributed by atoms with E-state index >= 15 is 0 Å². The molecule has 1 amide bonds. The van der Waals surface area contributed by atoms with Crippen molar-refractivity contribution in [3.63, 3.8) is 0 Å². The zero-order valence-electron chi connectivity index (χ0n) is 14.4. The Kier molecular flexibility index (Phi) is 6.15. The first-order valence-corrected chi connectivity index (χ1v) is 7.64. The quantitative estimate of drug-likeness (QED) is 0.849. The van der Waals surface area contributed by atoms with E-state index in [1.807, 2.05) is 26.0 Å². The first-order valence-electron chi connectivity index (χ1n) is 7.64. The van der Waals surface area contributed by atoms with Crippen molar-refractivity contribution in [3.8, 4) is 0 Å². The summed E-state index contributed by atoms with van der Waals surface area (Å²) < 4.78 is 4.76. The lowest BCUT2D eigenvalue weighted by Gasteiger charge is -2.20. The van der Waals surface area contributed by atoms with Crippen LogP contribution in [0, 0.1) is 5.92 Å². The summed E-state index contributed by atoms with van der Waals surface area (Å²) in [6.07, 6.45) is 0.554. The molecular weight excluding hydrogens is 278 g/mol. The lowest BCUT2D eigenvalue weighted by molar-refractivity contribution is -0.143. The van der Waals surface area contributed by atoms with Crippen molar-refractivity contribution in [2.75, 3.05) is 7.11 Å². The zero-order valence-corrected chi connectivity index (χ0v) is 14.4. The van der Waals surface area contributed by atoms with Gasteiger partial charge in [-0.15, -0.1) is 0 Å². The molecule has 0 heterocycles. The van der Waals surface area contributed by atoms with Crippen molar-refractivity contribution in [1.29, 1.82) is 0 Å². The predicted molar refractivity (Wildman–Crippen MR) is 87.9 cm³/mol. The second-order valence-corrected chi connectivity index (χ2v) is 7.01. The van der Waals surface area contributed by atoms with Crippen molar-refractivity contribution in [2.45, 2.75) is 52.5 Å². The fraction of sp³-hybridized carbons (Fsp3) is 0.556. The van der Waals surface area contributed by atoms with E-state index in [-0.39, 0.29) is 17.2 Å². The van der Waals surface area contributed by atoms with Crippen LogP contribution in [0.5, 0.6) is 0 Å². The predicted octanol–water partition coefficient (Wildman–Crippen LogP) is 3.30. The molecule has 0 spiro atoms. The third-order valence-corrected chi connectivity index (χ3v) is 3.51. The van der Waals surface area contributed by atoms with Crippen LogP contribution in [-0.4, -0.2) is 25.0 Å². The van der Waals surface area contributed by atoms with E-state index in [1.165, 1.54) is 7.11 Å². The molecule has 0 bridgehead atoms. The van der Waals surface area contributed by atoms with Gasteiger partial charge in [0.25, 0.3) is 5.91 Å². The largest absolute Gasteiger partial charge is 0.467 e. The molecular formula is C18H27NO3. The van der Waals surface area contributed by atoms with Gasteiger partial charge < -0.3 is 10.1 Å². The van der Waals surface area contributed by atoms with Gasteiger partial charge in [-0.1, -0.05) is 46.8 Å². The van der Waals surface area contributed by atoms with Gasteiger partial charge in [0, 0.05) is 5.56 Å². The molecule has 1 aromatic carbocycles. The second kappa shape index (κ2) is 7.43. The number of carbonyl (C=O) groups excluding carboxylic acids is 2. The first-order chi connectivity index (χ1) is 10.1. The molecule has 22 heavy (non-hydrogen) atoms. The van der Waals surface area contributed by atoms with Crippen LogP contribution in [0.2, 0.25) is 0 Å². The smallest absolute Gasteiger partial charge is 0.328 e. The van der Waals surface area contributed by atoms with Crippen LogP contribution in [0.4, 0.5) is 0 Å². The molecule has 0 aliphatic heterocycles. The van der Waals surface area contributed by atoms with Crippen molar-refractivity contribution in [3.05, 3.63) is 35.4 Å². The molecule has 1 N–H and O–H groups in total. The molecule has 0 radical (unpaired) electrons. The molecule has 0 aliphatic carbocycles. The van der Waals surface area contributed by atoms with Crippen LogP contribution in [-0.2, 0) is 14.9 Å². The van der Waals surface area contributed by atoms with Gasteiger partial charge in [-0.25, -0.2) is 4.79 Å². The maximum absolute atomic E-state index is 12.3. The number of benzene rings is 1. The molecule has 1 aromatic rings. The molecule has 0 saturated heterocycles. The van der Waals surface area contributed by atoms with E-state index in [9.17, 15) is 9.59 Å². The summed E-state index contributed by atoms with van der Waals surface area (Å²) in [6.45, 7) is 10.4. The van der Waals surface area contributed by atoms with E-state index < -0.39 is 12.0 Å². The number of carbonyl (C=O) groups is 2. The first kappa shape index (κ1) is 18.2. The Bertz CT molecular complexity index is 512. The van der Waals surface area contributed by atoms with Crippen LogP contribution in [0.1, 0.15) is 57.0 Å². The normalized spacial score (nSPS) is 12.9. The highest BCUT2D eigenvalue weighted by Gasteiger charge is 2.23. The number of esters is 1. The number of ether oxygens (including phenoxy) is 1. The number of rotatable bonds is 5. The lowest BCUT2D eigenvalue weighted by Crippen LogP contribution is -2.42. The SMILES string of the molecule is COC(=O)C(CC(C)C)NC(=O)c1ccc(C(C)(C)C)cc1. The molecule has 0 saturated carbocycles. The van der Waals surface area contributed by atoms with E-state index in [0.717, 1.165) is 5.56 Å². The minimum atomic E-state index is -0.611. The van der Waals surface area contributed by atoms with Crippen molar-refractivity contribution >= 4 is 11.9 Å². The average Bonchev–Trinajstić information content (AvgIpc) is 2.44. The topological polar surface area (TPSA) is 55.4 Å². The minimum Gasteiger partial charge on any atom is -0.467 e. The van der Waals surface area contributed by atoms with Crippen LogP contribution >= 0.6 is 0 Å². The monoisotopic (exact) mass is 305 g/mol. The van der Waals surface area contributed by atoms with Crippen LogP contribution in [0.25, 0.3) is 0 Å². The van der Waals surface area contributed by atoms with Gasteiger partial charge in [-0.2, -0.15) is 0 Å². The number of hydrogen-bond donors (Lipinski definition) is 1. The zero-order chi connectivity index (χ0) is 16.9. The van der Waals surface area contributed by atoms with Crippen molar-refractivity contribution in [1.82, 2.24) is 5.32 Å². The molecule has 0 fully saturated rings. The van der Waals surface area contributed by atoms with E-state index in [4.69, 9.17) is 4.74 Å². The Labute approximate surface area is 133 Å². The number of methoxy groups -OCH3 is 1. The van der Waals surface area contributed by atoms with E-state index in [1.54, 1.807) is 12.1 Å². The summed E-state index contributed by atoms with van der Waals surface area (Å²) in [6, 6.07) is 6.87. The summed E-state index contributed by atoms with van der Waals surface area (Å²) in [5.74, 6) is -0.377. The van der Waals surface area contributed by atoms with Gasteiger partial charge in [0.2, 0.25) is 0 Å². The maximum Gasteiger partial charge on any atom is 0.328 e. The van der Waals surface area contributed by atoms with Crippen LogP contribution in [0.15, 0.2) is 24.3 Å². The van der Waals surface area contributed by atoms with Gasteiger partial charge in [-0.3, -0.25) is 4.79 Å². The summed E-state index contributed by atoms with van der Waals surface area (Å²) in [4.78, 5) is 24.1. The van der Waals surface area contributed by atoms with Gasteiger partial charge in [-0.05, 0) is 35.4 Å². The molecule has 1 rings (SSSR count). The maximum atomic E-state index is 12.3. The molecule has 1 unspecified atom stereocenters. The summed E-state index contributed by atoms with van der Waals surface area (Å²) in [5, 5.41) is 2.76. The highest BCUT2D eigenvalue weighted by Crippen LogP contribution is 2.22. The Morgan fingerprint density at radius 3 is 2.09 bits per heavy atom. The highest BCUT2D eigenvalue weighted by atomic mass is 16.5. The van der Waals surface area contributed by atoms with Gasteiger partial charge in [0.15, 0.2) is 0 Å². The lowest BCUT2D eigenvalue weighted by atomic mass is 9.86. The van der Waals surface area contributed by atoms with Gasteiger partial charge in [0.1, 0.15) is 6.04 Å². The Morgan fingerprint density at radius 2 is 1.68 bits per heavy atom. The summed E-state index contributed by atoms with van der Waals surface area (Å²) >= 11 is 0. The molecule has 4 nitrogen and oxygen atoms in total. The summed E-state index contributed by atoms with van der Waals surface area (Å²) in [5.41, 5.74) is 1.75. The average molecular weight is 305 g/mol. The number of amides is 1. The second-order valence-electron chi connectivity index (χ2n) is 7.01. The molecule has 122 valence electrons. The van der Waals surface area contributed by atoms with E-state index in [2.05, 4.69) is 26.1 Å². The Balaban J connectivity index is 2.83. The third kappa shape index (κ3) is 5.17. The summed E-state index contributed by atoms with van der Waals surface area (Å²) in [7, 11) is 1.33. The fourth-order valence-electron chi connectivity index (χ4n) is 2.19. The fourth-order valence-corrected chi connectivity index (χ4v) is 2.19. The Hall–Kier alpha value is -1.84. The van der Waals surface area contributed by atoms with Gasteiger partial charge in [0.05, 0.1) is 7.11 Å². The number of nitrogens with one attached hydrogen (secondary N) is 1. The van der Waals surface area contributed by atoms with Crippen molar-refractivity contribution in [2.24, 2.45) is 5.92 Å². The van der Waals surface area contributed by atoms with Crippen LogP contribution < -0.4 is 5.32 Å². The molecule has 4 heteroatoms. The Morgan fingerprint density at radius 1 is 1.14 bits per heavy atom. The van der Waals surface area contributed by atoms with Crippen molar-refractivity contribution < 1.29 is 14.3 Å². The highest BCUT2D eigenvalue weighted by molar-refractivity contribution is 5.96. The standard InChI is InChI=1S/C18H27NO3/c1-12(2)11-15(17(21)22-6)19-16(20)13-7-9-14(10-8-13)18(3,4)5/h7-10,12,15H,11H2,1-6H3,(H,19,20). The number of hydrogen-bond acceptors (Lipinski definition) is 3. The molecule has 1 atom stereocenters. The third-order valence-electron chi connectivity index (χ3n) is 3.51.